The lowest BCUT2D eigenvalue weighted by molar-refractivity contribution is -0.0520. The minimum Gasteiger partial charge on any atom is -0.490 e. The first-order chi connectivity index (χ1) is 13.0. The first kappa shape index (κ1) is 20.9. The molecule has 2 rings (SSSR count). The average Bonchev–Trinajstić information content (AvgIpc) is 3.05. The third-order valence-electron chi connectivity index (χ3n) is 3.54. The Kier molecular flexibility index (Phi) is 8.25. The van der Waals surface area contributed by atoms with Crippen molar-refractivity contribution in [2.75, 3.05) is 20.2 Å². The monoisotopic (exact) mass is 398 g/mol. The number of benzene rings is 1. The van der Waals surface area contributed by atoms with Crippen LogP contribution >= 0.6 is 11.3 Å². The largest absolute Gasteiger partial charge is 0.490 e. The van der Waals surface area contributed by atoms with E-state index in [4.69, 9.17) is 4.74 Å². The second-order valence-corrected chi connectivity index (χ2v) is 6.84. The van der Waals surface area contributed by atoms with Gasteiger partial charge in [-0.25, -0.2) is 4.98 Å². The SMILES string of the molecule is CCOc1cccc(CNC(=NC)NCCc2ncc(C)s2)c1OC(F)F. The number of alkyl halides is 2. The Morgan fingerprint density at radius 3 is 2.78 bits per heavy atom. The van der Waals surface area contributed by atoms with Gasteiger partial charge in [-0.2, -0.15) is 8.78 Å². The van der Waals surface area contributed by atoms with Crippen molar-refractivity contribution in [3.05, 3.63) is 39.8 Å². The minimum absolute atomic E-state index is 0.0376. The molecule has 0 spiro atoms. The van der Waals surface area contributed by atoms with Gasteiger partial charge >= 0.3 is 6.61 Å². The highest BCUT2D eigenvalue weighted by atomic mass is 32.1. The summed E-state index contributed by atoms with van der Waals surface area (Å²) in [6, 6.07) is 5.05. The van der Waals surface area contributed by atoms with E-state index in [0.717, 1.165) is 11.4 Å². The molecule has 1 heterocycles. The molecule has 1 aromatic carbocycles. The van der Waals surface area contributed by atoms with Gasteiger partial charge in [0.05, 0.1) is 11.6 Å². The second-order valence-electron chi connectivity index (χ2n) is 5.52. The number of hydrogen-bond acceptors (Lipinski definition) is 5. The van der Waals surface area contributed by atoms with Crippen molar-refractivity contribution in [3.8, 4) is 11.5 Å². The molecule has 2 aromatic rings. The zero-order chi connectivity index (χ0) is 19.6. The Hall–Kier alpha value is -2.42. The van der Waals surface area contributed by atoms with Crippen molar-refractivity contribution < 1.29 is 18.3 Å². The fourth-order valence-electron chi connectivity index (χ4n) is 2.40. The van der Waals surface area contributed by atoms with Gasteiger partial charge in [0, 0.05) is 43.2 Å². The molecule has 0 saturated carbocycles. The number of aromatic nitrogens is 1. The lowest BCUT2D eigenvalue weighted by Crippen LogP contribution is -2.38. The Balaban J connectivity index is 1.95. The van der Waals surface area contributed by atoms with Crippen LogP contribution in [0.15, 0.2) is 29.4 Å². The maximum absolute atomic E-state index is 12.8. The number of hydrogen-bond donors (Lipinski definition) is 2. The van der Waals surface area contributed by atoms with Gasteiger partial charge in [0.15, 0.2) is 17.5 Å². The van der Waals surface area contributed by atoms with Crippen LogP contribution in [0.4, 0.5) is 8.78 Å². The van der Waals surface area contributed by atoms with Crippen molar-refractivity contribution in [2.24, 2.45) is 4.99 Å². The molecule has 27 heavy (non-hydrogen) atoms. The molecule has 0 radical (unpaired) electrons. The third kappa shape index (κ3) is 6.67. The molecule has 148 valence electrons. The van der Waals surface area contributed by atoms with Gasteiger partial charge in [0.2, 0.25) is 0 Å². The lowest BCUT2D eigenvalue weighted by atomic mass is 10.2. The number of nitrogens with one attached hydrogen (secondary N) is 2. The summed E-state index contributed by atoms with van der Waals surface area (Å²) in [6.45, 7) is 2.16. The Morgan fingerprint density at radius 1 is 1.33 bits per heavy atom. The van der Waals surface area contributed by atoms with Gasteiger partial charge in [0.1, 0.15) is 0 Å². The van der Waals surface area contributed by atoms with E-state index in [1.165, 1.54) is 4.88 Å². The zero-order valence-electron chi connectivity index (χ0n) is 15.6. The van der Waals surface area contributed by atoms with E-state index in [9.17, 15) is 8.78 Å². The number of guanidine groups is 1. The molecule has 0 aliphatic heterocycles. The smallest absolute Gasteiger partial charge is 0.387 e. The molecule has 2 N–H and O–H groups in total. The van der Waals surface area contributed by atoms with E-state index in [2.05, 4.69) is 25.3 Å². The van der Waals surface area contributed by atoms with Crippen LogP contribution in [0.5, 0.6) is 11.5 Å². The number of halogens is 2. The molecular weight excluding hydrogens is 374 g/mol. The normalized spacial score (nSPS) is 11.6. The Bertz CT molecular complexity index is 753. The summed E-state index contributed by atoms with van der Waals surface area (Å²) in [6.07, 6.45) is 2.63. The Morgan fingerprint density at radius 2 is 2.15 bits per heavy atom. The van der Waals surface area contributed by atoms with E-state index in [0.29, 0.717) is 30.4 Å². The standard InChI is InChI=1S/C18H24F2N4O2S/c1-4-25-14-7-5-6-13(16(14)26-17(19)20)11-24-18(21-3)22-9-8-15-23-10-12(2)27-15/h5-7,10,17H,4,8-9,11H2,1-3H3,(H2,21,22,24). The van der Waals surface area contributed by atoms with Gasteiger partial charge in [-0.05, 0) is 19.9 Å². The van der Waals surface area contributed by atoms with Crippen molar-refractivity contribution in [1.82, 2.24) is 15.6 Å². The summed E-state index contributed by atoms with van der Waals surface area (Å²) in [5.41, 5.74) is 0.555. The maximum Gasteiger partial charge on any atom is 0.387 e. The lowest BCUT2D eigenvalue weighted by Gasteiger charge is -2.17. The van der Waals surface area contributed by atoms with Crippen molar-refractivity contribution >= 4 is 17.3 Å². The second kappa shape index (κ2) is 10.7. The van der Waals surface area contributed by atoms with E-state index >= 15 is 0 Å². The van der Waals surface area contributed by atoms with E-state index in [1.54, 1.807) is 43.5 Å². The summed E-state index contributed by atoms with van der Waals surface area (Å²) in [7, 11) is 1.65. The van der Waals surface area contributed by atoms with Crippen molar-refractivity contribution in [2.45, 2.75) is 33.4 Å². The first-order valence-corrected chi connectivity index (χ1v) is 9.40. The first-order valence-electron chi connectivity index (χ1n) is 8.58. The van der Waals surface area contributed by atoms with Crippen LogP contribution in [0, 0.1) is 6.92 Å². The molecule has 1 aromatic heterocycles. The Labute approximate surface area is 161 Å². The quantitative estimate of drug-likeness (QED) is 0.501. The van der Waals surface area contributed by atoms with Crippen LogP contribution in [0.3, 0.4) is 0 Å². The summed E-state index contributed by atoms with van der Waals surface area (Å²) >= 11 is 1.66. The summed E-state index contributed by atoms with van der Waals surface area (Å²) < 4.78 is 35.6. The van der Waals surface area contributed by atoms with Crippen LogP contribution in [0.2, 0.25) is 0 Å². The van der Waals surface area contributed by atoms with E-state index in [1.807, 2.05) is 13.1 Å². The number of rotatable bonds is 9. The topological polar surface area (TPSA) is 67.8 Å². The molecule has 0 saturated heterocycles. The van der Waals surface area contributed by atoms with E-state index in [-0.39, 0.29) is 12.3 Å². The maximum atomic E-state index is 12.8. The van der Waals surface area contributed by atoms with Crippen LogP contribution in [-0.2, 0) is 13.0 Å². The molecule has 0 amide bonds. The summed E-state index contributed by atoms with van der Waals surface area (Å²) in [5.74, 6) is 0.892. The van der Waals surface area contributed by atoms with Crippen LogP contribution in [0.1, 0.15) is 22.4 Å². The minimum atomic E-state index is -2.93. The molecule has 6 nitrogen and oxygen atoms in total. The average molecular weight is 398 g/mol. The van der Waals surface area contributed by atoms with Crippen LogP contribution in [0.25, 0.3) is 0 Å². The van der Waals surface area contributed by atoms with Gasteiger partial charge in [-0.3, -0.25) is 4.99 Å². The highest BCUT2D eigenvalue weighted by Crippen LogP contribution is 2.32. The fourth-order valence-corrected chi connectivity index (χ4v) is 3.18. The molecular formula is C18H24F2N4O2S. The number of aliphatic imine (C=N–C) groups is 1. The molecule has 0 aliphatic carbocycles. The molecule has 9 heteroatoms. The predicted octanol–water partition coefficient (Wildman–Crippen LogP) is 3.36. The number of nitrogens with zero attached hydrogens (tertiary/aromatic N) is 2. The molecule has 0 bridgehead atoms. The fraction of sp³-hybridized carbons (Fsp3) is 0.444. The van der Waals surface area contributed by atoms with Crippen LogP contribution < -0.4 is 20.1 Å². The van der Waals surface area contributed by atoms with Gasteiger partial charge in [-0.15, -0.1) is 11.3 Å². The van der Waals surface area contributed by atoms with Crippen molar-refractivity contribution in [3.63, 3.8) is 0 Å². The molecule has 0 fully saturated rings. The number of aryl methyl sites for hydroxylation is 1. The summed E-state index contributed by atoms with van der Waals surface area (Å²) in [5, 5.41) is 7.33. The highest BCUT2D eigenvalue weighted by Gasteiger charge is 2.16. The highest BCUT2D eigenvalue weighted by molar-refractivity contribution is 7.11. The molecule has 0 atom stereocenters. The predicted molar refractivity (Wildman–Crippen MR) is 103 cm³/mol. The van der Waals surface area contributed by atoms with Gasteiger partial charge in [-0.1, -0.05) is 12.1 Å². The van der Waals surface area contributed by atoms with Crippen molar-refractivity contribution in [1.29, 1.82) is 0 Å². The number of para-hydroxylation sites is 1. The van der Waals surface area contributed by atoms with Gasteiger partial charge < -0.3 is 20.1 Å². The third-order valence-corrected chi connectivity index (χ3v) is 4.51. The molecule has 0 aliphatic rings. The number of thiazole rings is 1. The van der Waals surface area contributed by atoms with Gasteiger partial charge in [0.25, 0.3) is 0 Å². The van der Waals surface area contributed by atoms with E-state index < -0.39 is 6.61 Å². The zero-order valence-corrected chi connectivity index (χ0v) is 16.4. The number of ether oxygens (including phenoxy) is 2. The molecule has 0 unspecified atom stereocenters. The van der Waals surface area contributed by atoms with Crippen LogP contribution in [-0.4, -0.2) is 37.8 Å². The summed E-state index contributed by atoms with van der Waals surface area (Å²) in [4.78, 5) is 9.64.